The predicted octanol–water partition coefficient (Wildman–Crippen LogP) is 3.93. The van der Waals surface area contributed by atoms with Crippen LogP contribution in [0.1, 0.15) is 25.7 Å². The first kappa shape index (κ1) is 23.7. The van der Waals surface area contributed by atoms with Crippen LogP contribution in [0.5, 0.6) is 0 Å². The lowest BCUT2D eigenvalue weighted by Crippen LogP contribution is -2.50. The molecule has 1 aromatic heterocycles. The number of alkyl halides is 3. The summed E-state index contributed by atoms with van der Waals surface area (Å²) in [4.78, 5) is 29.1. The van der Waals surface area contributed by atoms with E-state index in [0.717, 1.165) is 10.9 Å². The Hall–Kier alpha value is -2.43. The molecule has 33 heavy (non-hydrogen) atoms. The van der Waals surface area contributed by atoms with Crippen molar-refractivity contribution in [2.24, 2.45) is 11.8 Å². The number of carbonyl (C=O) groups is 2. The first-order valence-corrected chi connectivity index (χ1v) is 11.1. The minimum Gasteiger partial charge on any atom is -0.368 e. The number of rotatable bonds is 6. The highest BCUT2D eigenvalue weighted by Crippen LogP contribution is 2.42. The van der Waals surface area contributed by atoms with Gasteiger partial charge in [0.25, 0.3) is 5.91 Å². The molecule has 4 rings (SSSR count). The largest absolute Gasteiger partial charge is 0.392 e. The van der Waals surface area contributed by atoms with E-state index < -0.39 is 24.1 Å². The summed E-state index contributed by atoms with van der Waals surface area (Å²) in [5.41, 5.74) is 3.42. The van der Waals surface area contributed by atoms with Crippen molar-refractivity contribution in [2.75, 3.05) is 25.0 Å². The van der Waals surface area contributed by atoms with Crippen LogP contribution in [-0.2, 0) is 14.3 Å². The van der Waals surface area contributed by atoms with Gasteiger partial charge in [0, 0.05) is 29.4 Å². The molecule has 2 aliphatic rings. The number of nitrogens with zero attached hydrogens (tertiary/aromatic N) is 2. The molecule has 7 nitrogen and oxygen atoms in total. The number of piperidine rings is 1. The Bertz CT molecular complexity index is 1020. The Kier molecular flexibility index (Phi) is 7.06. The van der Waals surface area contributed by atoms with Crippen LogP contribution in [0.2, 0.25) is 5.02 Å². The fourth-order valence-corrected chi connectivity index (χ4v) is 4.20. The maximum absolute atomic E-state index is 12.6. The summed E-state index contributed by atoms with van der Waals surface area (Å²) in [6.45, 7) is 0.675. The van der Waals surface area contributed by atoms with Crippen LogP contribution in [0.3, 0.4) is 0 Å². The van der Waals surface area contributed by atoms with Crippen molar-refractivity contribution >= 4 is 40.1 Å². The highest BCUT2D eigenvalue weighted by Gasteiger charge is 2.48. The first-order valence-electron chi connectivity index (χ1n) is 10.8. The normalized spacial score (nSPS) is 22.1. The molecule has 1 aliphatic carbocycles. The zero-order valence-corrected chi connectivity index (χ0v) is 18.5. The molecule has 0 spiro atoms. The van der Waals surface area contributed by atoms with Crippen molar-refractivity contribution in [2.45, 2.75) is 38.0 Å². The molecule has 2 fully saturated rings. The summed E-state index contributed by atoms with van der Waals surface area (Å²) in [5, 5.41) is 6.04. The van der Waals surface area contributed by atoms with E-state index in [1.807, 2.05) is 6.07 Å². The molecule has 0 bridgehead atoms. The highest BCUT2D eigenvalue weighted by atomic mass is 35.5. The Morgan fingerprint density at radius 2 is 1.88 bits per heavy atom. The van der Waals surface area contributed by atoms with E-state index in [1.165, 1.54) is 0 Å². The minimum absolute atomic E-state index is 0.100. The number of hydrazine groups is 1. The number of carbonyl (C=O) groups excluding carboxylic acids is 2. The molecule has 2 N–H and O–H groups in total. The van der Waals surface area contributed by atoms with Gasteiger partial charge in [0.15, 0.2) is 0 Å². The summed E-state index contributed by atoms with van der Waals surface area (Å²) < 4.78 is 42.7. The van der Waals surface area contributed by atoms with Crippen LogP contribution >= 0.6 is 11.6 Å². The Labute approximate surface area is 193 Å². The van der Waals surface area contributed by atoms with Crippen molar-refractivity contribution in [1.29, 1.82) is 0 Å². The molecule has 1 saturated heterocycles. The smallest absolute Gasteiger partial charge is 0.368 e. The number of pyridine rings is 1. The summed E-state index contributed by atoms with van der Waals surface area (Å²) in [7, 11) is 0. The van der Waals surface area contributed by atoms with Crippen LogP contribution in [0, 0.1) is 11.8 Å². The third-order valence-electron chi connectivity index (χ3n) is 6.06. The quantitative estimate of drug-likeness (QED) is 0.649. The average molecular weight is 485 g/mol. The highest BCUT2D eigenvalue weighted by molar-refractivity contribution is 6.31. The minimum atomic E-state index is -4.20. The number of nitrogens with one attached hydrogen (secondary N) is 2. The van der Waals surface area contributed by atoms with Crippen molar-refractivity contribution in [3.63, 3.8) is 0 Å². The third-order valence-corrected chi connectivity index (χ3v) is 6.29. The topological polar surface area (TPSA) is 83.6 Å². The monoisotopic (exact) mass is 484 g/mol. The molecular formula is C22H24ClF3N4O3. The second-order valence-corrected chi connectivity index (χ2v) is 8.90. The van der Waals surface area contributed by atoms with Crippen LogP contribution in [0.25, 0.3) is 10.9 Å². The van der Waals surface area contributed by atoms with E-state index in [1.54, 1.807) is 29.3 Å². The molecule has 0 radical (unpaired) electrons. The Balaban J connectivity index is 1.17. The van der Waals surface area contributed by atoms with Gasteiger partial charge in [-0.3, -0.25) is 15.0 Å². The number of hydrogen-bond acceptors (Lipinski definition) is 5. The number of hydrogen-bond donors (Lipinski definition) is 2. The van der Waals surface area contributed by atoms with Gasteiger partial charge in [-0.05, 0) is 56.0 Å². The van der Waals surface area contributed by atoms with E-state index in [0.29, 0.717) is 36.8 Å². The fourth-order valence-electron chi connectivity index (χ4n) is 4.02. The van der Waals surface area contributed by atoms with Gasteiger partial charge in [0.2, 0.25) is 5.91 Å². The molecule has 2 heterocycles. The molecule has 0 atom stereocenters. The van der Waals surface area contributed by atoms with Gasteiger partial charge in [-0.1, -0.05) is 11.6 Å². The molecule has 178 valence electrons. The van der Waals surface area contributed by atoms with E-state index in [-0.39, 0.29) is 31.3 Å². The van der Waals surface area contributed by atoms with Gasteiger partial charge in [-0.25, -0.2) is 9.99 Å². The molecule has 1 aromatic carbocycles. The number of halogens is 4. The lowest BCUT2D eigenvalue weighted by atomic mass is 9.82. The summed E-state index contributed by atoms with van der Waals surface area (Å²) in [6.07, 6.45) is -3.83. The number of ether oxygens (including phenoxy) is 1. The zero-order valence-electron chi connectivity index (χ0n) is 17.7. The second kappa shape index (κ2) is 9.82. The number of aromatic nitrogens is 1. The molecule has 0 unspecified atom stereocenters. The number of amides is 2. The van der Waals surface area contributed by atoms with Crippen molar-refractivity contribution < 1.29 is 27.5 Å². The van der Waals surface area contributed by atoms with E-state index >= 15 is 0 Å². The van der Waals surface area contributed by atoms with Crippen molar-refractivity contribution in [1.82, 2.24) is 15.4 Å². The zero-order chi connectivity index (χ0) is 23.6. The van der Waals surface area contributed by atoms with Gasteiger partial charge >= 0.3 is 6.18 Å². The maximum Gasteiger partial charge on any atom is 0.392 e. The lowest BCUT2D eigenvalue weighted by Gasteiger charge is -2.36. The second-order valence-electron chi connectivity index (χ2n) is 8.46. The van der Waals surface area contributed by atoms with Gasteiger partial charge in [-0.15, -0.1) is 0 Å². The van der Waals surface area contributed by atoms with Crippen LogP contribution in [-0.4, -0.2) is 53.8 Å². The molecule has 2 amide bonds. The fraction of sp³-hybridized carbons (Fsp3) is 0.500. The van der Waals surface area contributed by atoms with Crippen molar-refractivity contribution in [3.05, 3.63) is 35.4 Å². The summed E-state index contributed by atoms with van der Waals surface area (Å²) in [5.74, 6) is -1.62. The summed E-state index contributed by atoms with van der Waals surface area (Å²) >= 11 is 5.98. The number of anilines is 1. The van der Waals surface area contributed by atoms with Crippen LogP contribution in [0.15, 0.2) is 30.3 Å². The van der Waals surface area contributed by atoms with Crippen LogP contribution in [0.4, 0.5) is 19.0 Å². The lowest BCUT2D eigenvalue weighted by molar-refractivity contribution is -0.219. The molecular weight excluding hydrogens is 461 g/mol. The summed E-state index contributed by atoms with van der Waals surface area (Å²) in [6, 6.07) is 8.90. The first-order chi connectivity index (χ1) is 15.7. The Morgan fingerprint density at radius 1 is 1.15 bits per heavy atom. The van der Waals surface area contributed by atoms with E-state index in [2.05, 4.69) is 15.7 Å². The molecule has 1 aliphatic heterocycles. The third kappa shape index (κ3) is 6.13. The maximum atomic E-state index is 12.6. The number of benzene rings is 1. The average Bonchev–Trinajstić information content (AvgIpc) is 2.72. The molecule has 1 saturated carbocycles. The molecule has 2 aromatic rings. The Morgan fingerprint density at radius 3 is 2.58 bits per heavy atom. The van der Waals surface area contributed by atoms with Gasteiger partial charge in [0.1, 0.15) is 12.4 Å². The standard InChI is InChI=1S/C22H24ClF3N4O3/c23-16-2-3-18-14(9-16)1-4-19(27-18)28-21(32)13-5-7-30(8-6-13)29-20(31)12-33-17-10-15(11-17)22(24,25)26/h1-4,9,13,15,17H,5-8,10-12H2,(H,29,31)(H,27,28,32). The van der Waals surface area contributed by atoms with Crippen molar-refractivity contribution in [3.8, 4) is 0 Å². The van der Waals surface area contributed by atoms with Gasteiger partial charge < -0.3 is 10.1 Å². The molecule has 11 heteroatoms. The SMILES string of the molecule is O=C(COC1CC(C(F)(F)F)C1)NN1CCC(C(=O)Nc2ccc3cc(Cl)ccc3n2)CC1. The number of fused-ring (bicyclic) bond motifs is 1. The van der Waals surface area contributed by atoms with Gasteiger partial charge in [-0.2, -0.15) is 13.2 Å². The van der Waals surface area contributed by atoms with E-state index in [9.17, 15) is 22.8 Å². The predicted molar refractivity (Wildman–Crippen MR) is 116 cm³/mol. The van der Waals surface area contributed by atoms with E-state index in [4.69, 9.17) is 16.3 Å². The van der Waals surface area contributed by atoms with Gasteiger partial charge in [0.05, 0.1) is 17.5 Å². The van der Waals surface area contributed by atoms with Crippen LogP contribution < -0.4 is 10.7 Å².